The Bertz CT molecular complexity index is 1510. The molecule has 4 aromatic rings. The van der Waals surface area contributed by atoms with Gasteiger partial charge in [-0.15, -0.1) is 0 Å². The van der Waals surface area contributed by atoms with Crippen LogP contribution in [0.1, 0.15) is 51.4 Å². The van der Waals surface area contributed by atoms with E-state index < -0.39 is 12.0 Å². The number of rotatable bonds is 5. The highest BCUT2D eigenvalue weighted by molar-refractivity contribution is 5.92. The Morgan fingerprint density at radius 1 is 1.09 bits per heavy atom. The first-order chi connectivity index (χ1) is 16.1. The van der Waals surface area contributed by atoms with Crippen LogP contribution in [-0.2, 0) is 0 Å². The largest absolute Gasteiger partial charge is 0.476 e. The third-order valence-electron chi connectivity index (χ3n) is 5.90. The molecule has 4 rings (SSSR count). The fraction of sp³-hybridized carbons (Fsp3) is 0.222. The molecular weight excluding hydrogens is 435 g/mol. The first-order valence-electron chi connectivity index (χ1n) is 10.9. The SMILES string of the molecule is Cc1cc(C(C)Nc2ccc(C)nc2C(=O)O)c2oc(-c3ccc(C)c(F)c3)c(C)c(=O)c2c1. The van der Waals surface area contributed by atoms with Crippen molar-refractivity contribution in [2.24, 2.45) is 0 Å². The van der Waals surface area contributed by atoms with Crippen LogP contribution in [0.2, 0.25) is 0 Å². The third-order valence-corrected chi connectivity index (χ3v) is 5.90. The first kappa shape index (κ1) is 23.2. The molecule has 0 saturated heterocycles. The predicted molar refractivity (Wildman–Crippen MR) is 130 cm³/mol. The summed E-state index contributed by atoms with van der Waals surface area (Å²) >= 11 is 0. The zero-order chi connectivity index (χ0) is 24.7. The standard InChI is InChI=1S/C27H25FN2O4/c1-13-10-19(17(5)30-22-9-7-15(3)29-23(22)27(32)33)26-20(11-13)24(31)16(4)25(34-26)18-8-6-14(2)21(28)12-18/h6-12,17,30H,1-5H3,(H,32,33). The Balaban J connectivity index is 1.89. The molecule has 0 amide bonds. The van der Waals surface area contributed by atoms with Crippen LogP contribution in [0.3, 0.4) is 0 Å². The fourth-order valence-corrected chi connectivity index (χ4v) is 4.05. The number of halogens is 1. The normalized spacial score (nSPS) is 12.1. The van der Waals surface area contributed by atoms with Crippen LogP contribution in [-0.4, -0.2) is 16.1 Å². The van der Waals surface area contributed by atoms with Crippen molar-refractivity contribution in [3.05, 3.63) is 92.1 Å². The smallest absolute Gasteiger partial charge is 0.356 e. The number of aromatic carboxylic acids is 1. The van der Waals surface area contributed by atoms with Crippen molar-refractivity contribution in [2.45, 2.75) is 40.7 Å². The van der Waals surface area contributed by atoms with E-state index in [1.807, 2.05) is 19.9 Å². The van der Waals surface area contributed by atoms with Crippen LogP contribution in [0.25, 0.3) is 22.3 Å². The van der Waals surface area contributed by atoms with Gasteiger partial charge in [0.15, 0.2) is 11.1 Å². The zero-order valence-corrected chi connectivity index (χ0v) is 19.6. The number of anilines is 1. The van der Waals surface area contributed by atoms with Gasteiger partial charge in [-0.25, -0.2) is 14.2 Å². The Hall–Kier alpha value is -4.00. The highest BCUT2D eigenvalue weighted by Gasteiger charge is 2.21. The van der Waals surface area contributed by atoms with E-state index in [-0.39, 0.29) is 16.9 Å². The summed E-state index contributed by atoms with van der Waals surface area (Å²) in [5.41, 5.74) is 3.94. The number of benzene rings is 2. The lowest BCUT2D eigenvalue weighted by Crippen LogP contribution is -2.15. The summed E-state index contributed by atoms with van der Waals surface area (Å²) in [5, 5.41) is 13.2. The summed E-state index contributed by atoms with van der Waals surface area (Å²) < 4.78 is 20.5. The maximum absolute atomic E-state index is 14.3. The van der Waals surface area contributed by atoms with Gasteiger partial charge in [-0.1, -0.05) is 18.2 Å². The maximum atomic E-state index is 14.3. The van der Waals surface area contributed by atoms with Crippen LogP contribution in [0.4, 0.5) is 10.1 Å². The lowest BCUT2D eigenvalue weighted by molar-refractivity contribution is 0.0691. The van der Waals surface area contributed by atoms with Crippen LogP contribution in [0.15, 0.2) is 51.7 Å². The van der Waals surface area contributed by atoms with E-state index in [2.05, 4.69) is 10.3 Å². The number of fused-ring (bicyclic) bond motifs is 1. The first-order valence-corrected chi connectivity index (χ1v) is 10.9. The Morgan fingerprint density at radius 2 is 1.82 bits per heavy atom. The van der Waals surface area contributed by atoms with Crippen LogP contribution in [0.5, 0.6) is 0 Å². The number of hydrogen-bond donors (Lipinski definition) is 2. The molecule has 2 heterocycles. The quantitative estimate of drug-likeness (QED) is 0.374. The second-order valence-electron chi connectivity index (χ2n) is 8.60. The number of hydrogen-bond acceptors (Lipinski definition) is 5. The average molecular weight is 461 g/mol. The highest BCUT2D eigenvalue weighted by Crippen LogP contribution is 2.33. The van der Waals surface area contributed by atoms with E-state index in [1.54, 1.807) is 51.1 Å². The number of pyridine rings is 1. The molecule has 1 unspecified atom stereocenters. The van der Waals surface area contributed by atoms with Crippen molar-refractivity contribution >= 4 is 22.6 Å². The number of aryl methyl sites for hydroxylation is 3. The van der Waals surface area contributed by atoms with Crippen molar-refractivity contribution in [1.29, 1.82) is 0 Å². The molecule has 2 N–H and O–H groups in total. The summed E-state index contributed by atoms with van der Waals surface area (Å²) in [4.78, 5) is 29.1. The molecule has 0 spiro atoms. The molecular formula is C27H25FN2O4. The van der Waals surface area contributed by atoms with Gasteiger partial charge in [0.1, 0.15) is 17.2 Å². The summed E-state index contributed by atoms with van der Waals surface area (Å²) in [6, 6.07) is 11.4. The molecule has 7 heteroatoms. The second kappa shape index (κ2) is 8.74. The minimum atomic E-state index is -1.14. The summed E-state index contributed by atoms with van der Waals surface area (Å²) in [5.74, 6) is -1.22. The van der Waals surface area contributed by atoms with Crippen molar-refractivity contribution in [1.82, 2.24) is 4.98 Å². The predicted octanol–water partition coefficient (Wildman–Crippen LogP) is 6.10. The van der Waals surface area contributed by atoms with Crippen molar-refractivity contribution in [3.8, 4) is 11.3 Å². The van der Waals surface area contributed by atoms with Gasteiger partial charge in [0.05, 0.1) is 17.1 Å². The Morgan fingerprint density at radius 3 is 2.50 bits per heavy atom. The van der Waals surface area contributed by atoms with Crippen molar-refractivity contribution in [2.75, 3.05) is 5.32 Å². The molecule has 1 atom stereocenters. The number of carbonyl (C=O) groups is 1. The third kappa shape index (κ3) is 4.17. The van der Waals surface area contributed by atoms with Gasteiger partial charge < -0.3 is 14.8 Å². The molecule has 0 aliphatic carbocycles. The lowest BCUT2D eigenvalue weighted by atomic mass is 9.98. The van der Waals surface area contributed by atoms with E-state index in [4.69, 9.17) is 4.42 Å². The number of carboxylic acids is 1. The molecule has 0 saturated carbocycles. The van der Waals surface area contributed by atoms with Crippen LogP contribution < -0.4 is 10.7 Å². The maximum Gasteiger partial charge on any atom is 0.356 e. The van der Waals surface area contributed by atoms with E-state index in [1.165, 1.54) is 6.07 Å². The topological polar surface area (TPSA) is 92.4 Å². The fourth-order valence-electron chi connectivity index (χ4n) is 4.05. The molecule has 174 valence electrons. The van der Waals surface area contributed by atoms with E-state index in [9.17, 15) is 19.1 Å². The molecule has 0 aliphatic rings. The summed E-state index contributed by atoms with van der Waals surface area (Å²) in [7, 11) is 0. The lowest BCUT2D eigenvalue weighted by Gasteiger charge is -2.20. The minimum absolute atomic E-state index is 0.0862. The minimum Gasteiger partial charge on any atom is -0.476 e. The highest BCUT2D eigenvalue weighted by atomic mass is 19.1. The van der Waals surface area contributed by atoms with Crippen molar-refractivity contribution < 1.29 is 18.7 Å². The zero-order valence-electron chi connectivity index (χ0n) is 19.6. The molecule has 0 radical (unpaired) electrons. The molecule has 2 aromatic carbocycles. The van der Waals surface area contributed by atoms with Crippen LogP contribution >= 0.6 is 0 Å². The molecule has 0 aliphatic heterocycles. The second-order valence-corrected chi connectivity index (χ2v) is 8.60. The van der Waals surface area contributed by atoms with Crippen LogP contribution in [0, 0.1) is 33.5 Å². The summed E-state index contributed by atoms with van der Waals surface area (Å²) in [6.45, 7) is 8.79. The van der Waals surface area contributed by atoms with E-state index in [0.29, 0.717) is 50.4 Å². The van der Waals surface area contributed by atoms with Gasteiger partial charge in [-0.3, -0.25) is 4.79 Å². The van der Waals surface area contributed by atoms with Gasteiger partial charge >= 0.3 is 5.97 Å². The van der Waals surface area contributed by atoms with E-state index in [0.717, 1.165) is 5.56 Å². The number of nitrogens with one attached hydrogen (secondary N) is 1. The number of carboxylic acid groups (broad SMARTS) is 1. The molecule has 0 fully saturated rings. The van der Waals surface area contributed by atoms with Gasteiger partial charge in [0.2, 0.25) is 0 Å². The molecule has 34 heavy (non-hydrogen) atoms. The molecule has 6 nitrogen and oxygen atoms in total. The van der Waals surface area contributed by atoms with Gasteiger partial charge in [-0.2, -0.15) is 0 Å². The number of aromatic nitrogens is 1. The van der Waals surface area contributed by atoms with Gasteiger partial charge in [0, 0.05) is 22.4 Å². The average Bonchev–Trinajstić information content (AvgIpc) is 2.79. The Labute approximate surface area is 196 Å². The summed E-state index contributed by atoms with van der Waals surface area (Å²) in [6.07, 6.45) is 0. The van der Waals surface area contributed by atoms with E-state index >= 15 is 0 Å². The van der Waals surface area contributed by atoms with Gasteiger partial charge in [0.25, 0.3) is 0 Å². The van der Waals surface area contributed by atoms with Gasteiger partial charge in [-0.05, 0) is 70.0 Å². The van der Waals surface area contributed by atoms with Crippen molar-refractivity contribution in [3.63, 3.8) is 0 Å². The monoisotopic (exact) mass is 460 g/mol. The number of nitrogens with zero attached hydrogens (tertiary/aromatic N) is 1. The Kier molecular flexibility index (Phi) is 5.96. The molecule has 0 bridgehead atoms. The molecule has 2 aromatic heterocycles.